The maximum atomic E-state index is 2.44. The minimum absolute atomic E-state index is 0.477. The van der Waals surface area contributed by atoms with Gasteiger partial charge in [0.2, 0.25) is 0 Å². The van der Waals surface area contributed by atoms with Gasteiger partial charge in [0.1, 0.15) is 0 Å². The van der Waals surface area contributed by atoms with Crippen molar-refractivity contribution in [1.82, 2.24) is 0 Å². The van der Waals surface area contributed by atoms with E-state index in [1.165, 1.54) is 6.42 Å². The van der Waals surface area contributed by atoms with Crippen molar-refractivity contribution < 1.29 is 0 Å². The van der Waals surface area contributed by atoms with Crippen LogP contribution in [0.4, 0.5) is 0 Å². The maximum absolute atomic E-state index is 2.44. The highest BCUT2D eigenvalue weighted by Gasteiger charge is 2.15. The summed E-state index contributed by atoms with van der Waals surface area (Å²) in [5, 5.41) is 0. The molecule has 0 aromatic rings. The summed E-state index contributed by atoms with van der Waals surface area (Å²) in [5.41, 5.74) is 0.477. The second-order valence-electron chi connectivity index (χ2n) is 5.18. The van der Waals surface area contributed by atoms with Gasteiger partial charge in [-0.15, -0.1) is 0 Å². The molecular formula is C11H23. The van der Waals surface area contributed by atoms with Crippen LogP contribution in [0.2, 0.25) is 0 Å². The average Bonchev–Trinajstić information content (AvgIpc) is 1.53. The molecule has 0 heterocycles. The average molecular weight is 155 g/mol. The molecule has 0 aliphatic rings. The van der Waals surface area contributed by atoms with Crippen LogP contribution in [0.3, 0.4) is 0 Å². The summed E-state index contributed by atoms with van der Waals surface area (Å²) in [4.78, 5) is 0. The van der Waals surface area contributed by atoms with Crippen molar-refractivity contribution in [2.75, 3.05) is 0 Å². The molecule has 0 nitrogen and oxygen atoms in total. The Morgan fingerprint density at radius 3 is 1.82 bits per heavy atom. The molecule has 0 aliphatic carbocycles. The van der Waals surface area contributed by atoms with Crippen LogP contribution in [0.25, 0.3) is 0 Å². The van der Waals surface area contributed by atoms with Crippen molar-refractivity contribution in [1.29, 1.82) is 0 Å². The van der Waals surface area contributed by atoms with Crippen LogP contribution >= 0.6 is 0 Å². The molecule has 0 saturated heterocycles. The van der Waals surface area contributed by atoms with Gasteiger partial charge in [-0.05, 0) is 30.1 Å². The second kappa shape index (κ2) is 4.13. The zero-order chi connectivity index (χ0) is 9.07. The summed E-state index contributed by atoms with van der Waals surface area (Å²) >= 11 is 0. The molecule has 0 spiro atoms. The fraction of sp³-hybridized carbons (Fsp3) is 0.909. The fourth-order valence-electron chi connectivity index (χ4n) is 1.69. The van der Waals surface area contributed by atoms with Gasteiger partial charge < -0.3 is 0 Å². The second-order valence-corrected chi connectivity index (χ2v) is 5.18. The molecule has 0 heteroatoms. The molecule has 1 atom stereocenters. The van der Waals surface area contributed by atoms with E-state index in [1.807, 2.05) is 0 Å². The molecule has 0 bridgehead atoms. The first-order valence-corrected chi connectivity index (χ1v) is 4.66. The predicted molar refractivity (Wildman–Crippen MR) is 52.4 cm³/mol. The van der Waals surface area contributed by atoms with Crippen molar-refractivity contribution >= 4 is 0 Å². The van der Waals surface area contributed by atoms with E-state index in [-0.39, 0.29) is 0 Å². The van der Waals surface area contributed by atoms with Crippen LogP contribution in [0.1, 0.15) is 48.0 Å². The van der Waals surface area contributed by atoms with Crippen LogP contribution in [0.15, 0.2) is 0 Å². The van der Waals surface area contributed by atoms with E-state index in [2.05, 4.69) is 48.0 Å². The smallest absolute Gasteiger partial charge is 0.0332 e. The van der Waals surface area contributed by atoms with Crippen molar-refractivity contribution in [2.45, 2.75) is 48.0 Å². The van der Waals surface area contributed by atoms with Gasteiger partial charge >= 0.3 is 0 Å². The van der Waals surface area contributed by atoms with Crippen LogP contribution in [-0.2, 0) is 0 Å². The van der Waals surface area contributed by atoms with E-state index in [9.17, 15) is 0 Å². The summed E-state index contributed by atoms with van der Waals surface area (Å²) in [7, 11) is 0. The lowest BCUT2D eigenvalue weighted by atomic mass is 9.82. The monoisotopic (exact) mass is 155 g/mol. The topological polar surface area (TPSA) is 0 Å². The van der Waals surface area contributed by atoms with Gasteiger partial charge in [0.05, 0.1) is 0 Å². The first-order valence-electron chi connectivity index (χ1n) is 4.66. The molecule has 0 N–H and O–H groups in total. The first-order chi connectivity index (χ1) is 4.81. The fourth-order valence-corrected chi connectivity index (χ4v) is 1.69. The summed E-state index contributed by atoms with van der Waals surface area (Å²) in [5.74, 6) is 1.49. The Bertz CT molecular complexity index is 95.1. The third-order valence-corrected chi connectivity index (χ3v) is 1.65. The number of hydrogen-bond donors (Lipinski definition) is 0. The highest BCUT2D eigenvalue weighted by atomic mass is 14.2. The molecule has 0 saturated carbocycles. The molecule has 0 aromatic heterocycles. The van der Waals surface area contributed by atoms with Gasteiger partial charge in [0.15, 0.2) is 0 Å². The summed E-state index contributed by atoms with van der Waals surface area (Å²) in [6.07, 6.45) is 3.73. The predicted octanol–water partition coefficient (Wildman–Crippen LogP) is 3.92. The first kappa shape index (κ1) is 11.0. The van der Waals surface area contributed by atoms with E-state index in [0.717, 1.165) is 11.8 Å². The lowest BCUT2D eigenvalue weighted by molar-refractivity contribution is 0.317. The Morgan fingerprint density at radius 2 is 1.55 bits per heavy atom. The summed E-state index contributed by atoms with van der Waals surface area (Å²) < 4.78 is 0. The van der Waals surface area contributed by atoms with E-state index in [0.29, 0.717) is 5.41 Å². The molecule has 11 heavy (non-hydrogen) atoms. The van der Waals surface area contributed by atoms with Gasteiger partial charge in [-0.2, -0.15) is 0 Å². The molecule has 0 aliphatic heterocycles. The standard InChI is InChI=1S/C11H23/c1-9(2)7-10(3)8-11(4,5)6/h7,9-10H,8H2,1-6H3. The van der Waals surface area contributed by atoms with Gasteiger partial charge in [-0.25, -0.2) is 0 Å². The molecule has 0 amide bonds. The van der Waals surface area contributed by atoms with Crippen molar-refractivity contribution in [3.63, 3.8) is 0 Å². The highest BCUT2D eigenvalue weighted by Crippen LogP contribution is 2.27. The van der Waals surface area contributed by atoms with Crippen LogP contribution in [-0.4, -0.2) is 0 Å². The SMILES string of the molecule is CC(C)[CH]C(C)CC(C)(C)C. The molecule has 67 valence electrons. The highest BCUT2D eigenvalue weighted by molar-refractivity contribution is 4.79. The zero-order valence-electron chi connectivity index (χ0n) is 8.94. The molecule has 1 radical (unpaired) electrons. The van der Waals surface area contributed by atoms with E-state index in [1.54, 1.807) is 0 Å². The Morgan fingerprint density at radius 1 is 1.09 bits per heavy atom. The van der Waals surface area contributed by atoms with Crippen LogP contribution in [0.5, 0.6) is 0 Å². The van der Waals surface area contributed by atoms with Crippen molar-refractivity contribution in [3.8, 4) is 0 Å². The van der Waals surface area contributed by atoms with Gasteiger partial charge in [-0.3, -0.25) is 0 Å². The Hall–Kier alpha value is 0. The molecular weight excluding hydrogens is 132 g/mol. The third kappa shape index (κ3) is 7.90. The van der Waals surface area contributed by atoms with Gasteiger partial charge in [0.25, 0.3) is 0 Å². The molecule has 0 aromatic carbocycles. The van der Waals surface area contributed by atoms with Crippen LogP contribution in [0, 0.1) is 23.7 Å². The number of hydrogen-bond acceptors (Lipinski definition) is 0. The normalized spacial score (nSPS) is 15.5. The lowest BCUT2D eigenvalue weighted by Gasteiger charge is -2.23. The van der Waals surface area contributed by atoms with E-state index >= 15 is 0 Å². The zero-order valence-corrected chi connectivity index (χ0v) is 8.94. The molecule has 0 fully saturated rings. The van der Waals surface area contributed by atoms with Crippen molar-refractivity contribution in [2.24, 2.45) is 17.3 Å². The van der Waals surface area contributed by atoms with E-state index in [4.69, 9.17) is 0 Å². The van der Waals surface area contributed by atoms with Gasteiger partial charge in [0, 0.05) is 0 Å². The summed E-state index contributed by atoms with van der Waals surface area (Å²) in [6, 6.07) is 0. The quantitative estimate of drug-likeness (QED) is 0.579. The van der Waals surface area contributed by atoms with E-state index < -0.39 is 0 Å². The Balaban J connectivity index is 3.61. The number of rotatable bonds is 3. The minimum Gasteiger partial charge on any atom is -0.0625 e. The maximum Gasteiger partial charge on any atom is -0.0332 e. The lowest BCUT2D eigenvalue weighted by Crippen LogP contribution is -2.12. The largest absolute Gasteiger partial charge is 0.0625 e. The summed E-state index contributed by atoms with van der Waals surface area (Å²) in [6.45, 7) is 13.7. The Labute approximate surface area is 72.4 Å². The third-order valence-electron chi connectivity index (χ3n) is 1.65. The van der Waals surface area contributed by atoms with Crippen LogP contribution < -0.4 is 0 Å². The molecule has 0 rings (SSSR count). The minimum atomic E-state index is 0.477. The van der Waals surface area contributed by atoms with Crippen molar-refractivity contribution in [3.05, 3.63) is 6.42 Å². The molecule has 1 unspecified atom stereocenters. The van der Waals surface area contributed by atoms with Gasteiger partial charge in [-0.1, -0.05) is 41.5 Å². The Kier molecular flexibility index (Phi) is 4.13.